The van der Waals surface area contributed by atoms with Gasteiger partial charge in [0.25, 0.3) is 0 Å². The molecule has 0 aliphatic carbocycles. The first-order chi connectivity index (χ1) is 1.73. The van der Waals surface area contributed by atoms with E-state index in [2.05, 4.69) is 0 Å². The van der Waals surface area contributed by atoms with Crippen molar-refractivity contribution in [2.45, 2.75) is 0 Å². The van der Waals surface area contributed by atoms with E-state index in [1.807, 2.05) is 0 Å². The summed E-state index contributed by atoms with van der Waals surface area (Å²) in [6.07, 6.45) is 0. The van der Waals surface area contributed by atoms with Crippen molar-refractivity contribution in [2.75, 3.05) is 0 Å². The molecule has 5 heteroatoms. The van der Waals surface area contributed by atoms with Crippen LogP contribution in [0.4, 0.5) is 0 Å². The maximum atomic E-state index is 8.62. The second kappa shape index (κ2) is 5.04. The fraction of sp³-hybridized carbons (Fsp3) is 0. The molecule has 0 aromatic rings. The van der Waals surface area contributed by atoms with Gasteiger partial charge in [0.2, 0.25) is 0 Å². The molecule has 5 heavy (non-hydrogen) atoms. The minimum atomic E-state index is -4.34. The predicted octanol–water partition coefficient (Wildman–Crippen LogP) is -1.43. The van der Waals surface area contributed by atoms with Crippen LogP contribution in [-0.2, 0) is 47.7 Å². The monoisotopic (exact) mass is 336 g/mol. The summed E-state index contributed by atoms with van der Waals surface area (Å²) in [5, 5.41) is 0. The van der Waals surface area contributed by atoms with E-state index in [1.165, 1.54) is 0 Å². The summed E-state index contributed by atoms with van der Waals surface area (Å²) < 4.78 is 25.9. The molecule has 34 valence electrons. The van der Waals surface area contributed by atoms with Crippen LogP contribution in [0.2, 0.25) is 0 Å². The molecule has 0 amide bonds. The van der Waals surface area contributed by atoms with Gasteiger partial charge < -0.3 is 0 Å². The second-order valence-corrected chi connectivity index (χ2v) is 1.83. The molecule has 0 aromatic heterocycles. The third-order valence-corrected chi connectivity index (χ3v) is 0. The molecule has 0 saturated heterocycles. The van der Waals surface area contributed by atoms with Crippen molar-refractivity contribution in [3.8, 4) is 0 Å². The van der Waals surface area contributed by atoms with E-state index in [0.29, 0.717) is 0 Å². The van der Waals surface area contributed by atoms with Crippen LogP contribution < -0.4 is 3.61 Å². The molecule has 0 aliphatic heterocycles. The van der Waals surface area contributed by atoms with Crippen molar-refractivity contribution in [2.24, 2.45) is 0 Å². The van der Waals surface area contributed by atoms with Gasteiger partial charge in [-0.3, -0.25) is 0 Å². The Kier molecular flexibility index (Phi) is 9.48. The molecule has 0 atom stereocenters. The van der Waals surface area contributed by atoms with E-state index >= 15 is 0 Å². The average molecular weight is 337 g/mol. The zero-order chi connectivity index (χ0) is 3.58. The van der Waals surface area contributed by atoms with Gasteiger partial charge in [-0.1, -0.05) is 0 Å². The summed E-state index contributed by atoms with van der Waals surface area (Å²) in [5.74, 6) is 0. The standard InChI is InChI=1S/Ag.3O.Ta/q+1;;;-1;. The fourth-order valence-electron chi connectivity index (χ4n) is 0. The Labute approximate surface area is 51.2 Å². The molecule has 0 N–H and O–H groups in total. The van der Waals surface area contributed by atoms with Crippen LogP contribution in [0.25, 0.3) is 0 Å². The van der Waals surface area contributed by atoms with Crippen molar-refractivity contribution >= 4 is 0 Å². The summed E-state index contributed by atoms with van der Waals surface area (Å²) in [5.41, 5.74) is 0. The zero-order valence-electron chi connectivity index (χ0n) is 1.97. The summed E-state index contributed by atoms with van der Waals surface area (Å²) >= 11 is -4.34. The first-order valence-electron chi connectivity index (χ1n) is 0.548. The molecular formula is AgO3Ta. The number of hydrogen-bond donors (Lipinski definition) is 0. The fourth-order valence-corrected chi connectivity index (χ4v) is 0. The van der Waals surface area contributed by atoms with Crippen molar-refractivity contribution in [3.05, 3.63) is 0 Å². The minimum absolute atomic E-state index is 0. The summed E-state index contributed by atoms with van der Waals surface area (Å²) in [6.45, 7) is 0. The van der Waals surface area contributed by atoms with Gasteiger partial charge in [-0.15, -0.1) is 0 Å². The van der Waals surface area contributed by atoms with Gasteiger partial charge in [0.1, 0.15) is 0 Å². The molecule has 0 aliphatic rings. The van der Waals surface area contributed by atoms with Gasteiger partial charge in [0, 0.05) is 0 Å². The molecule has 0 fully saturated rings. The Balaban J connectivity index is 0. The predicted molar refractivity (Wildman–Crippen MR) is 1.37 cm³/mol. The van der Waals surface area contributed by atoms with Gasteiger partial charge in [0.05, 0.1) is 0 Å². The van der Waals surface area contributed by atoms with E-state index in [-0.39, 0.29) is 22.4 Å². The molecular weight excluding hydrogens is 337 g/mol. The molecule has 0 aromatic carbocycles. The third-order valence-electron chi connectivity index (χ3n) is 0. The molecule has 0 bridgehead atoms. The Morgan fingerprint density at radius 2 is 1.40 bits per heavy atom. The van der Waals surface area contributed by atoms with Crippen LogP contribution in [0.5, 0.6) is 0 Å². The van der Waals surface area contributed by atoms with Crippen LogP contribution >= 0.6 is 0 Å². The summed E-state index contributed by atoms with van der Waals surface area (Å²) in [6, 6.07) is 0. The average Bonchev–Trinajstić information content (AvgIpc) is 0.811. The Morgan fingerprint density at radius 3 is 1.40 bits per heavy atom. The Bertz CT molecular complexity index is 55.3. The van der Waals surface area contributed by atoms with Gasteiger partial charge in [-0.25, -0.2) is 0 Å². The SMILES string of the molecule is [Ag+].[O]=[Ta](=[O])[O-]. The molecule has 0 rings (SSSR count). The first-order valence-corrected chi connectivity index (χ1v) is 4.48. The van der Waals surface area contributed by atoms with Crippen LogP contribution in [0.3, 0.4) is 0 Å². The van der Waals surface area contributed by atoms with Crippen LogP contribution in [0.1, 0.15) is 0 Å². The topological polar surface area (TPSA) is 57.2 Å². The quantitative estimate of drug-likeness (QED) is 0.510. The second-order valence-electron chi connectivity index (χ2n) is 0.224. The van der Waals surface area contributed by atoms with Crippen molar-refractivity contribution in [1.82, 2.24) is 0 Å². The van der Waals surface area contributed by atoms with E-state index in [4.69, 9.17) is 10.1 Å². The molecule has 0 saturated carbocycles. The van der Waals surface area contributed by atoms with Gasteiger partial charge in [0.15, 0.2) is 0 Å². The van der Waals surface area contributed by atoms with Crippen LogP contribution in [-0.4, -0.2) is 0 Å². The summed E-state index contributed by atoms with van der Waals surface area (Å²) in [4.78, 5) is 0. The van der Waals surface area contributed by atoms with Gasteiger partial charge >= 0.3 is 51.3 Å². The number of hydrogen-bond acceptors (Lipinski definition) is 3. The normalized spacial score (nSPS) is 5.00. The van der Waals surface area contributed by atoms with Crippen LogP contribution in [0.15, 0.2) is 0 Å². The Hall–Kier alpha value is 1.04. The van der Waals surface area contributed by atoms with Crippen molar-refractivity contribution in [3.63, 3.8) is 0 Å². The number of rotatable bonds is 0. The molecule has 0 heterocycles. The molecule has 3 nitrogen and oxygen atoms in total. The van der Waals surface area contributed by atoms with Crippen molar-refractivity contribution < 1.29 is 51.3 Å². The molecule has 0 unspecified atom stereocenters. The van der Waals surface area contributed by atoms with Gasteiger partial charge in [-0.05, 0) is 0 Å². The van der Waals surface area contributed by atoms with E-state index in [1.54, 1.807) is 0 Å². The Morgan fingerprint density at radius 1 is 1.40 bits per heavy atom. The molecule has 0 radical (unpaired) electrons. The zero-order valence-corrected chi connectivity index (χ0v) is 6.67. The maximum absolute atomic E-state index is 8.62. The summed E-state index contributed by atoms with van der Waals surface area (Å²) in [7, 11) is 0. The first kappa shape index (κ1) is 9.40. The van der Waals surface area contributed by atoms with Crippen LogP contribution in [0, 0.1) is 0 Å². The van der Waals surface area contributed by atoms with E-state index in [9.17, 15) is 0 Å². The van der Waals surface area contributed by atoms with Gasteiger partial charge in [-0.2, -0.15) is 0 Å². The molecule has 0 spiro atoms. The van der Waals surface area contributed by atoms with E-state index < -0.39 is 18.8 Å². The van der Waals surface area contributed by atoms with E-state index in [0.717, 1.165) is 0 Å². The van der Waals surface area contributed by atoms with Crippen molar-refractivity contribution in [1.29, 1.82) is 0 Å². The third kappa shape index (κ3) is 43.0.